The van der Waals surface area contributed by atoms with Crippen molar-refractivity contribution in [3.05, 3.63) is 58.9 Å². The third-order valence-corrected chi connectivity index (χ3v) is 5.01. The lowest BCUT2D eigenvalue weighted by Crippen LogP contribution is -2.22. The number of thiazole rings is 1. The molecule has 3 aromatic rings. The number of carbonyl (C=O) groups is 1. The summed E-state index contributed by atoms with van der Waals surface area (Å²) >= 11 is 1.56. The molecule has 0 fully saturated rings. The van der Waals surface area contributed by atoms with Crippen molar-refractivity contribution in [2.24, 2.45) is 5.10 Å². The third-order valence-electron chi connectivity index (χ3n) is 4.24. The van der Waals surface area contributed by atoms with Crippen LogP contribution in [0.2, 0.25) is 0 Å². The van der Waals surface area contributed by atoms with Crippen molar-refractivity contribution in [1.82, 2.24) is 14.8 Å². The standard InChI is InChI=1S/C18H18N4OS/c23-17(11-14-12-22-9-10-24-18(22)19-14)21-20-16-8-4-2-6-13-5-1-3-7-15(13)16/h1,3,5,7,9-10,12H,2,4,6,8,11H2,(H,21,23). The fraction of sp³-hybridized carbons (Fsp3) is 0.278. The average molecular weight is 338 g/mol. The van der Waals surface area contributed by atoms with Gasteiger partial charge in [-0.05, 0) is 31.2 Å². The van der Waals surface area contributed by atoms with Gasteiger partial charge in [0.1, 0.15) is 0 Å². The number of carbonyl (C=O) groups excluding carboxylic acids is 1. The van der Waals surface area contributed by atoms with E-state index >= 15 is 0 Å². The van der Waals surface area contributed by atoms with Crippen LogP contribution in [-0.2, 0) is 17.6 Å². The number of fused-ring (bicyclic) bond motifs is 2. The van der Waals surface area contributed by atoms with Crippen LogP contribution in [0.1, 0.15) is 36.1 Å². The van der Waals surface area contributed by atoms with E-state index in [1.165, 1.54) is 5.56 Å². The van der Waals surface area contributed by atoms with Gasteiger partial charge in [0.15, 0.2) is 4.96 Å². The second-order valence-electron chi connectivity index (χ2n) is 5.96. The molecule has 1 amide bonds. The van der Waals surface area contributed by atoms with E-state index < -0.39 is 0 Å². The van der Waals surface area contributed by atoms with E-state index in [2.05, 4.69) is 33.7 Å². The van der Waals surface area contributed by atoms with Crippen molar-refractivity contribution >= 4 is 27.9 Å². The number of aryl methyl sites for hydroxylation is 1. The summed E-state index contributed by atoms with van der Waals surface area (Å²) in [7, 11) is 0. The van der Waals surface area contributed by atoms with E-state index in [1.807, 2.05) is 28.2 Å². The van der Waals surface area contributed by atoms with Gasteiger partial charge in [-0.15, -0.1) is 11.3 Å². The molecule has 122 valence electrons. The van der Waals surface area contributed by atoms with Crippen molar-refractivity contribution < 1.29 is 4.79 Å². The lowest BCUT2D eigenvalue weighted by atomic mass is 10.0. The Morgan fingerprint density at radius 3 is 3.08 bits per heavy atom. The van der Waals surface area contributed by atoms with Gasteiger partial charge >= 0.3 is 0 Å². The molecule has 1 aliphatic carbocycles. The summed E-state index contributed by atoms with van der Waals surface area (Å²) in [5, 5.41) is 6.38. The van der Waals surface area contributed by atoms with Crippen molar-refractivity contribution in [1.29, 1.82) is 0 Å². The number of hydrazone groups is 1. The van der Waals surface area contributed by atoms with E-state index in [1.54, 1.807) is 11.3 Å². The van der Waals surface area contributed by atoms with Crippen molar-refractivity contribution in [2.75, 3.05) is 0 Å². The number of hydrogen-bond acceptors (Lipinski definition) is 4. The highest BCUT2D eigenvalue weighted by Crippen LogP contribution is 2.20. The quantitative estimate of drug-likeness (QED) is 0.589. The normalized spacial score (nSPS) is 16.1. The summed E-state index contributed by atoms with van der Waals surface area (Å²) in [6.07, 6.45) is 8.31. The molecule has 1 aliphatic rings. The molecular weight excluding hydrogens is 320 g/mol. The molecule has 4 rings (SSSR count). The summed E-state index contributed by atoms with van der Waals surface area (Å²) in [6, 6.07) is 8.33. The first-order chi connectivity index (χ1) is 11.8. The Bertz CT molecular complexity index is 880. The molecule has 0 saturated heterocycles. The maximum Gasteiger partial charge on any atom is 0.246 e. The molecule has 6 heteroatoms. The SMILES string of the molecule is O=C(Cc1cn2ccsc2n1)NN=C1CCCCc2ccccc21. The Morgan fingerprint density at radius 1 is 1.29 bits per heavy atom. The minimum Gasteiger partial charge on any atom is -0.297 e. The van der Waals surface area contributed by atoms with Gasteiger partial charge in [-0.2, -0.15) is 5.10 Å². The first-order valence-electron chi connectivity index (χ1n) is 8.14. The molecule has 1 N–H and O–H groups in total. The van der Waals surface area contributed by atoms with Crippen LogP contribution in [0.4, 0.5) is 0 Å². The molecule has 0 spiro atoms. The molecule has 24 heavy (non-hydrogen) atoms. The van der Waals surface area contributed by atoms with Crippen LogP contribution in [0.15, 0.2) is 47.1 Å². The van der Waals surface area contributed by atoms with Crippen LogP contribution in [0.3, 0.4) is 0 Å². The highest BCUT2D eigenvalue weighted by atomic mass is 32.1. The largest absolute Gasteiger partial charge is 0.297 e. The Labute approximate surface area is 144 Å². The predicted octanol–water partition coefficient (Wildman–Crippen LogP) is 3.19. The fourth-order valence-electron chi connectivity index (χ4n) is 3.07. The first kappa shape index (κ1) is 15.1. The minimum absolute atomic E-state index is 0.130. The molecule has 0 atom stereocenters. The van der Waals surface area contributed by atoms with E-state index in [9.17, 15) is 4.79 Å². The number of hydrogen-bond donors (Lipinski definition) is 1. The molecular formula is C18H18N4OS. The lowest BCUT2D eigenvalue weighted by molar-refractivity contribution is -0.120. The van der Waals surface area contributed by atoms with Crippen LogP contribution in [0.25, 0.3) is 4.96 Å². The summed E-state index contributed by atoms with van der Waals surface area (Å²) in [4.78, 5) is 17.5. The summed E-state index contributed by atoms with van der Waals surface area (Å²) in [5.74, 6) is -0.130. The van der Waals surface area contributed by atoms with Gasteiger partial charge in [-0.3, -0.25) is 9.20 Å². The Balaban J connectivity index is 1.47. The fourth-order valence-corrected chi connectivity index (χ4v) is 3.79. The zero-order chi connectivity index (χ0) is 16.4. The maximum absolute atomic E-state index is 12.2. The van der Waals surface area contributed by atoms with E-state index in [-0.39, 0.29) is 12.3 Å². The van der Waals surface area contributed by atoms with Crippen LogP contribution >= 0.6 is 11.3 Å². The smallest absolute Gasteiger partial charge is 0.246 e. The third kappa shape index (κ3) is 3.10. The van der Waals surface area contributed by atoms with Crippen molar-refractivity contribution in [2.45, 2.75) is 32.1 Å². The second kappa shape index (κ2) is 6.57. The molecule has 0 radical (unpaired) electrons. The maximum atomic E-state index is 12.2. The second-order valence-corrected chi connectivity index (χ2v) is 6.83. The van der Waals surface area contributed by atoms with Gasteiger partial charge < -0.3 is 0 Å². The van der Waals surface area contributed by atoms with Gasteiger partial charge in [0.2, 0.25) is 5.91 Å². The summed E-state index contributed by atoms with van der Waals surface area (Å²) < 4.78 is 1.93. The monoisotopic (exact) mass is 338 g/mol. The molecule has 1 aromatic carbocycles. The van der Waals surface area contributed by atoms with Crippen LogP contribution < -0.4 is 5.43 Å². The Hall–Kier alpha value is -2.47. The summed E-state index contributed by atoms with van der Waals surface area (Å²) in [5.41, 5.74) is 6.93. The Kier molecular flexibility index (Phi) is 4.13. The topological polar surface area (TPSA) is 58.8 Å². The zero-order valence-corrected chi connectivity index (χ0v) is 14.1. The highest BCUT2D eigenvalue weighted by molar-refractivity contribution is 7.15. The highest BCUT2D eigenvalue weighted by Gasteiger charge is 2.14. The molecule has 0 unspecified atom stereocenters. The number of imidazole rings is 1. The number of aromatic nitrogens is 2. The molecule has 0 bridgehead atoms. The Morgan fingerprint density at radius 2 is 2.17 bits per heavy atom. The number of nitrogens with zero attached hydrogens (tertiary/aromatic N) is 3. The molecule has 5 nitrogen and oxygen atoms in total. The molecule has 2 heterocycles. The van der Waals surface area contributed by atoms with Gasteiger partial charge in [-0.25, -0.2) is 10.4 Å². The predicted molar refractivity (Wildman–Crippen MR) is 95.4 cm³/mol. The molecule has 2 aromatic heterocycles. The van der Waals surface area contributed by atoms with Gasteiger partial charge in [0, 0.05) is 23.3 Å². The van der Waals surface area contributed by atoms with Crippen LogP contribution in [0.5, 0.6) is 0 Å². The number of nitrogens with one attached hydrogen (secondary N) is 1. The van der Waals surface area contributed by atoms with E-state index in [0.29, 0.717) is 0 Å². The number of benzene rings is 1. The van der Waals surface area contributed by atoms with Gasteiger partial charge in [0.25, 0.3) is 0 Å². The van der Waals surface area contributed by atoms with E-state index in [4.69, 9.17) is 0 Å². The van der Waals surface area contributed by atoms with Gasteiger partial charge in [0.05, 0.1) is 17.8 Å². The lowest BCUT2D eigenvalue weighted by Gasteiger charge is -2.07. The first-order valence-corrected chi connectivity index (χ1v) is 9.02. The summed E-state index contributed by atoms with van der Waals surface area (Å²) in [6.45, 7) is 0. The number of rotatable bonds is 3. The minimum atomic E-state index is -0.130. The molecule has 0 saturated carbocycles. The van der Waals surface area contributed by atoms with Crippen LogP contribution in [-0.4, -0.2) is 21.0 Å². The zero-order valence-electron chi connectivity index (χ0n) is 13.2. The number of amides is 1. The molecule has 0 aliphatic heterocycles. The average Bonchev–Trinajstić information content (AvgIpc) is 3.09. The van der Waals surface area contributed by atoms with Crippen LogP contribution in [0, 0.1) is 0 Å². The van der Waals surface area contributed by atoms with E-state index in [0.717, 1.165) is 47.6 Å². The van der Waals surface area contributed by atoms with Gasteiger partial charge in [-0.1, -0.05) is 24.3 Å². The van der Waals surface area contributed by atoms with Crippen molar-refractivity contribution in [3.63, 3.8) is 0 Å². The van der Waals surface area contributed by atoms with Crippen molar-refractivity contribution in [3.8, 4) is 0 Å².